The summed E-state index contributed by atoms with van der Waals surface area (Å²) in [6, 6.07) is 0.480. The van der Waals surface area contributed by atoms with Crippen molar-refractivity contribution in [1.29, 1.82) is 0 Å². The van der Waals surface area contributed by atoms with Crippen molar-refractivity contribution >= 4 is 5.96 Å². The SMILES string of the molecule is CC1CCCN(C(C)CN=C(N)NC(C)(C)C)C1. The van der Waals surface area contributed by atoms with Gasteiger partial charge in [0.2, 0.25) is 0 Å². The van der Waals surface area contributed by atoms with Crippen molar-refractivity contribution in [3.05, 3.63) is 0 Å². The molecule has 1 aliphatic rings. The second kappa shape index (κ2) is 6.41. The van der Waals surface area contributed by atoms with Crippen molar-refractivity contribution < 1.29 is 0 Å². The zero-order valence-corrected chi connectivity index (χ0v) is 12.7. The molecular weight excluding hydrogens is 224 g/mol. The Morgan fingerprint density at radius 2 is 2.17 bits per heavy atom. The molecule has 3 N–H and O–H groups in total. The topological polar surface area (TPSA) is 53.6 Å². The fourth-order valence-corrected chi connectivity index (χ4v) is 2.40. The van der Waals surface area contributed by atoms with E-state index in [1.807, 2.05) is 0 Å². The van der Waals surface area contributed by atoms with Crippen molar-refractivity contribution in [3.8, 4) is 0 Å². The molecule has 0 saturated carbocycles. The molecule has 1 rings (SSSR count). The van der Waals surface area contributed by atoms with Gasteiger partial charge in [-0.2, -0.15) is 0 Å². The Balaban J connectivity index is 2.39. The summed E-state index contributed by atoms with van der Waals surface area (Å²) in [5.41, 5.74) is 5.87. The number of hydrogen-bond donors (Lipinski definition) is 2. The first-order valence-corrected chi connectivity index (χ1v) is 7.10. The van der Waals surface area contributed by atoms with E-state index in [0.29, 0.717) is 12.0 Å². The second-order valence-electron chi connectivity index (χ2n) is 6.69. The number of nitrogens with zero attached hydrogens (tertiary/aromatic N) is 2. The van der Waals surface area contributed by atoms with Crippen molar-refractivity contribution in [2.45, 2.75) is 59.0 Å². The monoisotopic (exact) mass is 254 g/mol. The number of hydrogen-bond acceptors (Lipinski definition) is 2. The van der Waals surface area contributed by atoms with Gasteiger partial charge in [-0.05, 0) is 53.0 Å². The average molecular weight is 254 g/mol. The second-order valence-corrected chi connectivity index (χ2v) is 6.69. The molecule has 0 aromatic rings. The van der Waals surface area contributed by atoms with Crippen LogP contribution < -0.4 is 11.1 Å². The van der Waals surface area contributed by atoms with Crippen LogP contribution in [0.2, 0.25) is 0 Å². The van der Waals surface area contributed by atoms with Gasteiger partial charge in [-0.15, -0.1) is 0 Å². The van der Waals surface area contributed by atoms with Crippen LogP contribution in [0.4, 0.5) is 0 Å². The minimum Gasteiger partial charge on any atom is -0.370 e. The molecule has 1 saturated heterocycles. The van der Waals surface area contributed by atoms with Crippen LogP contribution in [0.5, 0.6) is 0 Å². The van der Waals surface area contributed by atoms with Crippen LogP contribution in [-0.4, -0.2) is 42.1 Å². The summed E-state index contributed by atoms with van der Waals surface area (Å²) < 4.78 is 0. The van der Waals surface area contributed by atoms with Crippen LogP contribution in [0.1, 0.15) is 47.5 Å². The van der Waals surface area contributed by atoms with E-state index in [0.717, 1.165) is 12.5 Å². The van der Waals surface area contributed by atoms with Gasteiger partial charge in [0.15, 0.2) is 5.96 Å². The van der Waals surface area contributed by atoms with Gasteiger partial charge in [-0.25, -0.2) is 0 Å². The van der Waals surface area contributed by atoms with Crippen LogP contribution in [-0.2, 0) is 0 Å². The number of nitrogens with one attached hydrogen (secondary N) is 1. The zero-order valence-electron chi connectivity index (χ0n) is 12.7. The number of rotatable bonds is 3. The van der Waals surface area contributed by atoms with E-state index >= 15 is 0 Å². The van der Waals surface area contributed by atoms with Crippen LogP contribution in [0.15, 0.2) is 4.99 Å². The Kier molecular flexibility index (Phi) is 5.45. The molecule has 0 spiro atoms. The van der Waals surface area contributed by atoms with E-state index in [2.05, 4.69) is 49.8 Å². The molecule has 4 heteroatoms. The minimum atomic E-state index is -0.0174. The maximum absolute atomic E-state index is 5.89. The molecule has 1 heterocycles. The number of nitrogens with two attached hydrogens (primary N) is 1. The van der Waals surface area contributed by atoms with Crippen LogP contribution >= 0.6 is 0 Å². The number of likely N-dealkylation sites (tertiary alicyclic amines) is 1. The molecule has 0 amide bonds. The summed E-state index contributed by atoms with van der Waals surface area (Å²) in [5.74, 6) is 1.37. The lowest BCUT2D eigenvalue weighted by molar-refractivity contribution is 0.142. The van der Waals surface area contributed by atoms with Gasteiger partial charge in [0.05, 0.1) is 6.54 Å². The largest absolute Gasteiger partial charge is 0.370 e. The van der Waals surface area contributed by atoms with Gasteiger partial charge in [0.1, 0.15) is 0 Å². The minimum absolute atomic E-state index is 0.0174. The van der Waals surface area contributed by atoms with Gasteiger partial charge in [0, 0.05) is 18.1 Å². The van der Waals surface area contributed by atoms with Crippen LogP contribution in [0, 0.1) is 5.92 Å². The molecule has 106 valence electrons. The molecule has 0 bridgehead atoms. The lowest BCUT2D eigenvalue weighted by Gasteiger charge is -2.35. The molecule has 1 fully saturated rings. The highest BCUT2D eigenvalue weighted by Gasteiger charge is 2.20. The Hall–Kier alpha value is -0.770. The Labute approximate surface area is 112 Å². The van der Waals surface area contributed by atoms with E-state index in [4.69, 9.17) is 5.73 Å². The first-order valence-electron chi connectivity index (χ1n) is 7.10. The molecule has 0 radical (unpaired) electrons. The number of piperidine rings is 1. The van der Waals surface area contributed by atoms with Crippen molar-refractivity contribution in [1.82, 2.24) is 10.2 Å². The lowest BCUT2D eigenvalue weighted by atomic mass is 9.99. The molecule has 0 aliphatic carbocycles. The van der Waals surface area contributed by atoms with Gasteiger partial charge in [-0.3, -0.25) is 9.89 Å². The van der Waals surface area contributed by atoms with Gasteiger partial charge in [0.25, 0.3) is 0 Å². The van der Waals surface area contributed by atoms with Crippen LogP contribution in [0.3, 0.4) is 0 Å². The standard InChI is InChI=1S/C14H30N4/c1-11-7-6-8-18(10-11)12(2)9-16-13(15)17-14(3,4)5/h11-12H,6-10H2,1-5H3,(H3,15,16,17). The Bertz CT molecular complexity index is 280. The summed E-state index contributed by atoms with van der Waals surface area (Å²) in [5, 5.41) is 3.20. The van der Waals surface area contributed by atoms with Crippen LogP contribution in [0.25, 0.3) is 0 Å². The van der Waals surface area contributed by atoms with E-state index in [1.54, 1.807) is 0 Å². The zero-order chi connectivity index (χ0) is 13.8. The van der Waals surface area contributed by atoms with E-state index in [1.165, 1.54) is 25.9 Å². The molecule has 2 atom stereocenters. The Morgan fingerprint density at radius 3 is 2.72 bits per heavy atom. The first kappa shape index (κ1) is 15.3. The van der Waals surface area contributed by atoms with Crippen molar-refractivity contribution in [2.24, 2.45) is 16.6 Å². The predicted molar refractivity (Wildman–Crippen MR) is 78.8 cm³/mol. The predicted octanol–water partition coefficient (Wildman–Crippen LogP) is 1.81. The normalized spacial score (nSPS) is 24.9. The summed E-state index contributed by atoms with van der Waals surface area (Å²) in [6.45, 7) is 14.0. The third kappa shape index (κ3) is 5.71. The average Bonchev–Trinajstić information content (AvgIpc) is 2.23. The molecule has 0 aromatic carbocycles. The molecule has 0 aromatic heterocycles. The Morgan fingerprint density at radius 1 is 1.50 bits per heavy atom. The fourth-order valence-electron chi connectivity index (χ4n) is 2.40. The van der Waals surface area contributed by atoms with Crippen molar-refractivity contribution in [2.75, 3.05) is 19.6 Å². The molecule has 18 heavy (non-hydrogen) atoms. The number of aliphatic imine (C=N–C) groups is 1. The maximum atomic E-state index is 5.89. The van der Waals surface area contributed by atoms with E-state index < -0.39 is 0 Å². The van der Waals surface area contributed by atoms with E-state index in [-0.39, 0.29) is 5.54 Å². The third-order valence-corrected chi connectivity index (χ3v) is 3.34. The summed E-state index contributed by atoms with van der Waals surface area (Å²) >= 11 is 0. The van der Waals surface area contributed by atoms with Gasteiger partial charge in [-0.1, -0.05) is 6.92 Å². The highest BCUT2D eigenvalue weighted by atomic mass is 15.2. The molecular formula is C14H30N4. The third-order valence-electron chi connectivity index (χ3n) is 3.34. The highest BCUT2D eigenvalue weighted by Crippen LogP contribution is 2.17. The molecule has 2 unspecified atom stereocenters. The number of guanidine groups is 1. The lowest BCUT2D eigenvalue weighted by Crippen LogP contribution is -2.46. The quantitative estimate of drug-likeness (QED) is 0.596. The van der Waals surface area contributed by atoms with Gasteiger partial charge < -0.3 is 11.1 Å². The van der Waals surface area contributed by atoms with E-state index in [9.17, 15) is 0 Å². The summed E-state index contributed by atoms with van der Waals surface area (Å²) in [6.07, 6.45) is 2.67. The first-order chi connectivity index (χ1) is 8.28. The molecule has 4 nitrogen and oxygen atoms in total. The fraction of sp³-hybridized carbons (Fsp3) is 0.929. The smallest absolute Gasteiger partial charge is 0.189 e. The van der Waals surface area contributed by atoms with Gasteiger partial charge >= 0.3 is 0 Å². The van der Waals surface area contributed by atoms with Crippen molar-refractivity contribution in [3.63, 3.8) is 0 Å². The maximum Gasteiger partial charge on any atom is 0.189 e. The molecule has 1 aliphatic heterocycles. The summed E-state index contributed by atoms with van der Waals surface area (Å²) in [7, 11) is 0. The summed E-state index contributed by atoms with van der Waals surface area (Å²) in [4.78, 5) is 6.98. The highest BCUT2D eigenvalue weighted by molar-refractivity contribution is 5.78.